The molecule has 0 radical (unpaired) electrons. The van der Waals surface area contributed by atoms with Crippen molar-refractivity contribution in [3.8, 4) is 0 Å². The summed E-state index contributed by atoms with van der Waals surface area (Å²) in [5, 5.41) is 13.8. The monoisotopic (exact) mass is 354 g/mol. The van der Waals surface area contributed by atoms with Gasteiger partial charge in [0.1, 0.15) is 0 Å². The van der Waals surface area contributed by atoms with Crippen molar-refractivity contribution in [2.45, 2.75) is 6.54 Å². The van der Waals surface area contributed by atoms with Gasteiger partial charge < -0.3 is 5.32 Å². The molecule has 0 saturated heterocycles. The number of nitro benzene ring substituents is 1. The van der Waals surface area contributed by atoms with Crippen LogP contribution < -0.4 is 5.32 Å². The molecular formula is C13H11IN2O2. The zero-order valence-electron chi connectivity index (χ0n) is 9.47. The molecule has 2 aromatic carbocycles. The molecule has 0 unspecified atom stereocenters. The summed E-state index contributed by atoms with van der Waals surface area (Å²) < 4.78 is 1.17. The Morgan fingerprint density at radius 3 is 2.50 bits per heavy atom. The second kappa shape index (κ2) is 5.81. The number of nitrogens with zero attached hydrogens (tertiary/aromatic N) is 1. The first-order valence-corrected chi connectivity index (χ1v) is 6.46. The summed E-state index contributed by atoms with van der Waals surface area (Å²) in [5.74, 6) is 0. The smallest absolute Gasteiger partial charge is 0.269 e. The first-order valence-electron chi connectivity index (χ1n) is 5.38. The Bertz CT molecular complexity index is 555. The van der Waals surface area contributed by atoms with E-state index in [1.165, 1.54) is 15.7 Å². The molecule has 18 heavy (non-hydrogen) atoms. The third kappa shape index (κ3) is 3.43. The third-order valence-corrected chi connectivity index (χ3v) is 3.14. The Hall–Kier alpha value is -1.63. The molecule has 0 aliphatic rings. The van der Waals surface area contributed by atoms with Crippen molar-refractivity contribution >= 4 is 34.0 Å². The standard InChI is InChI=1S/C13H11IN2O2/c14-11-2-1-3-12(8-11)15-9-10-4-6-13(7-5-10)16(17)18/h1-8,15H,9H2. The fourth-order valence-electron chi connectivity index (χ4n) is 1.54. The Labute approximate surface area is 118 Å². The lowest BCUT2D eigenvalue weighted by atomic mass is 10.2. The maximum absolute atomic E-state index is 10.5. The maximum Gasteiger partial charge on any atom is 0.269 e. The molecule has 0 amide bonds. The van der Waals surface area contributed by atoms with Crippen LogP contribution in [0, 0.1) is 13.7 Å². The first kappa shape index (κ1) is 12.8. The largest absolute Gasteiger partial charge is 0.381 e. The summed E-state index contributed by atoms with van der Waals surface area (Å²) in [6.07, 6.45) is 0. The van der Waals surface area contributed by atoms with E-state index in [0.29, 0.717) is 6.54 Å². The highest BCUT2D eigenvalue weighted by atomic mass is 127. The Morgan fingerprint density at radius 2 is 1.89 bits per heavy atom. The van der Waals surface area contributed by atoms with Crippen LogP contribution in [-0.2, 0) is 6.54 Å². The summed E-state index contributed by atoms with van der Waals surface area (Å²) in [6.45, 7) is 0.651. The average Bonchev–Trinajstić information content (AvgIpc) is 2.37. The molecule has 0 bridgehead atoms. The molecule has 0 aromatic heterocycles. The van der Waals surface area contributed by atoms with Gasteiger partial charge in [0, 0.05) is 27.9 Å². The molecule has 0 aliphatic heterocycles. The molecule has 0 saturated carbocycles. The van der Waals surface area contributed by atoms with Gasteiger partial charge in [-0.15, -0.1) is 0 Å². The van der Waals surface area contributed by atoms with Crippen LogP contribution in [0.25, 0.3) is 0 Å². The number of non-ortho nitro benzene ring substituents is 1. The van der Waals surface area contributed by atoms with Gasteiger partial charge in [0.05, 0.1) is 4.92 Å². The summed E-state index contributed by atoms with van der Waals surface area (Å²) in [7, 11) is 0. The summed E-state index contributed by atoms with van der Waals surface area (Å²) in [6, 6.07) is 14.6. The molecule has 5 heteroatoms. The molecule has 0 fully saturated rings. The van der Waals surface area contributed by atoms with Crippen molar-refractivity contribution in [2.75, 3.05) is 5.32 Å². The van der Waals surface area contributed by atoms with Crippen LogP contribution in [0.2, 0.25) is 0 Å². The zero-order valence-corrected chi connectivity index (χ0v) is 11.6. The van der Waals surface area contributed by atoms with Crippen LogP contribution in [0.1, 0.15) is 5.56 Å². The fourth-order valence-corrected chi connectivity index (χ4v) is 2.08. The van der Waals surface area contributed by atoms with Gasteiger partial charge in [-0.25, -0.2) is 0 Å². The SMILES string of the molecule is O=[N+]([O-])c1ccc(CNc2cccc(I)c2)cc1. The van der Waals surface area contributed by atoms with Crippen LogP contribution in [0.5, 0.6) is 0 Å². The van der Waals surface area contributed by atoms with Crippen molar-refractivity contribution in [3.05, 3.63) is 67.8 Å². The maximum atomic E-state index is 10.5. The highest BCUT2D eigenvalue weighted by molar-refractivity contribution is 14.1. The van der Waals surface area contributed by atoms with Gasteiger partial charge in [0.25, 0.3) is 5.69 Å². The second-order valence-electron chi connectivity index (χ2n) is 3.79. The first-order chi connectivity index (χ1) is 8.65. The van der Waals surface area contributed by atoms with Gasteiger partial charge in [-0.1, -0.05) is 18.2 Å². The second-order valence-corrected chi connectivity index (χ2v) is 5.03. The van der Waals surface area contributed by atoms with E-state index in [2.05, 4.69) is 27.9 Å². The van der Waals surface area contributed by atoms with E-state index in [1.54, 1.807) is 12.1 Å². The summed E-state index contributed by atoms with van der Waals surface area (Å²) >= 11 is 2.26. The normalized spacial score (nSPS) is 10.1. The summed E-state index contributed by atoms with van der Waals surface area (Å²) in [4.78, 5) is 10.1. The van der Waals surface area contributed by atoms with E-state index in [9.17, 15) is 10.1 Å². The molecule has 92 valence electrons. The minimum absolute atomic E-state index is 0.119. The zero-order chi connectivity index (χ0) is 13.0. The number of benzene rings is 2. The van der Waals surface area contributed by atoms with Gasteiger partial charge in [-0.2, -0.15) is 0 Å². The number of hydrogen-bond acceptors (Lipinski definition) is 3. The molecule has 0 spiro atoms. The van der Waals surface area contributed by atoms with Crippen molar-refractivity contribution in [3.63, 3.8) is 0 Å². The van der Waals surface area contributed by atoms with Crippen LogP contribution in [0.3, 0.4) is 0 Å². The van der Waals surface area contributed by atoms with Crippen molar-refractivity contribution in [2.24, 2.45) is 0 Å². The van der Waals surface area contributed by atoms with E-state index in [4.69, 9.17) is 0 Å². The number of nitrogens with one attached hydrogen (secondary N) is 1. The molecule has 2 rings (SSSR count). The van der Waals surface area contributed by atoms with Crippen molar-refractivity contribution < 1.29 is 4.92 Å². The minimum atomic E-state index is -0.392. The number of halogens is 1. The Morgan fingerprint density at radius 1 is 1.17 bits per heavy atom. The van der Waals surface area contributed by atoms with Crippen molar-refractivity contribution in [1.82, 2.24) is 0 Å². The van der Waals surface area contributed by atoms with Gasteiger partial charge in [-0.3, -0.25) is 10.1 Å². The average molecular weight is 354 g/mol. The van der Waals surface area contributed by atoms with E-state index in [-0.39, 0.29) is 5.69 Å². The molecule has 0 aliphatic carbocycles. The van der Waals surface area contributed by atoms with Crippen molar-refractivity contribution in [1.29, 1.82) is 0 Å². The minimum Gasteiger partial charge on any atom is -0.381 e. The Kier molecular flexibility index (Phi) is 4.14. The van der Waals surface area contributed by atoms with Crippen LogP contribution in [-0.4, -0.2) is 4.92 Å². The summed E-state index contributed by atoms with van der Waals surface area (Å²) in [5.41, 5.74) is 2.17. The third-order valence-electron chi connectivity index (χ3n) is 2.47. The fraction of sp³-hybridized carbons (Fsp3) is 0.0769. The van der Waals surface area contributed by atoms with Gasteiger partial charge in [0.15, 0.2) is 0 Å². The number of anilines is 1. The lowest BCUT2D eigenvalue weighted by molar-refractivity contribution is -0.384. The van der Waals surface area contributed by atoms with Gasteiger partial charge in [0.2, 0.25) is 0 Å². The number of rotatable bonds is 4. The number of nitro groups is 1. The predicted octanol–water partition coefficient (Wildman–Crippen LogP) is 3.81. The predicted molar refractivity (Wildman–Crippen MR) is 79.6 cm³/mol. The molecule has 1 N–H and O–H groups in total. The molecular weight excluding hydrogens is 343 g/mol. The quantitative estimate of drug-likeness (QED) is 0.516. The number of hydrogen-bond donors (Lipinski definition) is 1. The molecule has 0 atom stereocenters. The lowest BCUT2D eigenvalue weighted by Gasteiger charge is -2.06. The molecule has 2 aromatic rings. The topological polar surface area (TPSA) is 55.2 Å². The van der Waals surface area contributed by atoms with Gasteiger partial charge >= 0.3 is 0 Å². The van der Waals surface area contributed by atoms with Gasteiger partial charge in [-0.05, 0) is 46.4 Å². The lowest BCUT2D eigenvalue weighted by Crippen LogP contribution is -1.99. The van der Waals surface area contributed by atoms with Crippen LogP contribution in [0.4, 0.5) is 11.4 Å². The van der Waals surface area contributed by atoms with E-state index in [0.717, 1.165) is 11.3 Å². The molecule has 4 nitrogen and oxygen atoms in total. The van der Waals surface area contributed by atoms with E-state index in [1.807, 2.05) is 24.3 Å². The van der Waals surface area contributed by atoms with E-state index >= 15 is 0 Å². The van der Waals surface area contributed by atoms with E-state index < -0.39 is 4.92 Å². The highest BCUT2D eigenvalue weighted by Crippen LogP contribution is 2.15. The highest BCUT2D eigenvalue weighted by Gasteiger charge is 2.03. The van der Waals surface area contributed by atoms with Crippen LogP contribution in [0.15, 0.2) is 48.5 Å². The Balaban J connectivity index is 2.00. The molecule has 0 heterocycles. The van der Waals surface area contributed by atoms with Crippen LogP contribution >= 0.6 is 22.6 Å².